The fraction of sp³-hybridized carbons (Fsp3) is 0.562. The molecule has 0 aliphatic carbocycles. The highest BCUT2D eigenvalue weighted by Gasteiger charge is 2.23. The predicted octanol–water partition coefficient (Wildman–Crippen LogP) is 0.958. The van der Waals surface area contributed by atoms with E-state index in [-0.39, 0.29) is 18.0 Å². The fourth-order valence-electron chi connectivity index (χ4n) is 2.67. The lowest BCUT2D eigenvalue weighted by Crippen LogP contribution is -2.51. The Labute approximate surface area is 137 Å². The van der Waals surface area contributed by atoms with Gasteiger partial charge in [0.1, 0.15) is 5.82 Å². The first kappa shape index (κ1) is 17.1. The highest BCUT2D eigenvalue weighted by molar-refractivity contribution is 5.75. The van der Waals surface area contributed by atoms with E-state index in [1.54, 1.807) is 11.1 Å². The summed E-state index contributed by atoms with van der Waals surface area (Å²) in [6, 6.07) is 3.80. The van der Waals surface area contributed by atoms with Crippen LogP contribution in [0.2, 0.25) is 0 Å². The van der Waals surface area contributed by atoms with Crippen LogP contribution in [0.15, 0.2) is 18.3 Å². The number of hydrogen-bond acceptors (Lipinski definition) is 4. The van der Waals surface area contributed by atoms with E-state index in [9.17, 15) is 9.59 Å². The van der Waals surface area contributed by atoms with E-state index in [1.165, 1.54) is 6.92 Å². The topological polar surface area (TPSA) is 77.6 Å². The third-order valence-corrected chi connectivity index (χ3v) is 3.83. The molecule has 1 atom stereocenters. The molecule has 126 valence electrons. The lowest BCUT2D eigenvalue weighted by atomic mass is 10.1. The average molecular weight is 319 g/mol. The van der Waals surface area contributed by atoms with Crippen molar-refractivity contribution < 1.29 is 9.59 Å². The lowest BCUT2D eigenvalue weighted by molar-refractivity contribution is -0.119. The van der Waals surface area contributed by atoms with Crippen molar-refractivity contribution in [3.8, 4) is 0 Å². The van der Waals surface area contributed by atoms with Gasteiger partial charge in [0.15, 0.2) is 0 Å². The van der Waals surface area contributed by atoms with Gasteiger partial charge in [-0.25, -0.2) is 9.78 Å². The third kappa shape index (κ3) is 5.12. The number of nitrogens with one attached hydrogen (secondary N) is 2. The van der Waals surface area contributed by atoms with Crippen LogP contribution in [0.3, 0.4) is 0 Å². The van der Waals surface area contributed by atoms with Crippen molar-refractivity contribution in [3.63, 3.8) is 0 Å². The summed E-state index contributed by atoms with van der Waals surface area (Å²) in [6.45, 7) is 3.25. The Morgan fingerprint density at radius 3 is 2.91 bits per heavy atom. The third-order valence-electron chi connectivity index (χ3n) is 3.83. The molecule has 2 rings (SSSR count). The van der Waals surface area contributed by atoms with E-state index in [2.05, 4.69) is 15.6 Å². The number of likely N-dealkylation sites (tertiary alicyclic amines) is 1. The van der Waals surface area contributed by atoms with E-state index in [4.69, 9.17) is 0 Å². The number of aromatic nitrogens is 1. The quantitative estimate of drug-likeness (QED) is 0.866. The van der Waals surface area contributed by atoms with Crippen molar-refractivity contribution >= 4 is 17.8 Å². The average Bonchev–Trinajstić information content (AvgIpc) is 2.52. The molecule has 23 heavy (non-hydrogen) atoms. The number of piperidine rings is 1. The van der Waals surface area contributed by atoms with Gasteiger partial charge in [0, 0.05) is 52.9 Å². The van der Waals surface area contributed by atoms with Gasteiger partial charge in [0.05, 0.1) is 0 Å². The van der Waals surface area contributed by atoms with Crippen LogP contribution in [0.1, 0.15) is 25.3 Å². The molecular weight excluding hydrogens is 294 g/mol. The van der Waals surface area contributed by atoms with Crippen LogP contribution in [0.25, 0.3) is 0 Å². The van der Waals surface area contributed by atoms with Crippen molar-refractivity contribution in [3.05, 3.63) is 23.9 Å². The Balaban J connectivity index is 1.86. The van der Waals surface area contributed by atoms with E-state index in [0.29, 0.717) is 13.1 Å². The van der Waals surface area contributed by atoms with Crippen LogP contribution >= 0.6 is 0 Å². The van der Waals surface area contributed by atoms with Gasteiger partial charge < -0.3 is 20.4 Å². The molecule has 0 unspecified atom stereocenters. The molecular formula is C16H25N5O2. The molecule has 0 spiro atoms. The summed E-state index contributed by atoms with van der Waals surface area (Å²) in [7, 11) is 3.86. The van der Waals surface area contributed by atoms with Crippen molar-refractivity contribution in [2.75, 3.05) is 32.1 Å². The van der Waals surface area contributed by atoms with Crippen LogP contribution in [0.4, 0.5) is 10.6 Å². The van der Waals surface area contributed by atoms with Gasteiger partial charge in [0.2, 0.25) is 5.91 Å². The summed E-state index contributed by atoms with van der Waals surface area (Å²) in [5, 5.41) is 5.82. The van der Waals surface area contributed by atoms with Crippen LogP contribution in [0.5, 0.6) is 0 Å². The Morgan fingerprint density at radius 1 is 1.43 bits per heavy atom. The summed E-state index contributed by atoms with van der Waals surface area (Å²) in [5.74, 6) is 0.811. The molecule has 1 aromatic rings. The van der Waals surface area contributed by atoms with E-state index in [0.717, 1.165) is 30.8 Å². The molecule has 2 heterocycles. The highest BCUT2D eigenvalue weighted by atomic mass is 16.2. The van der Waals surface area contributed by atoms with Gasteiger partial charge in [0.25, 0.3) is 0 Å². The lowest BCUT2D eigenvalue weighted by Gasteiger charge is -2.33. The molecule has 7 heteroatoms. The minimum atomic E-state index is -0.0942. The first-order chi connectivity index (χ1) is 11.0. The van der Waals surface area contributed by atoms with Crippen molar-refractivity contribution in [2.45, 2.75) is 32.4 Å². The molecule has 1 aliphatic rings. The zero-order valence-electron chi connectivity index (χ0n) is 14.0. The summed E-state index contributed by atoms with van der Waals surface area (Å²) >= 11 is 0. The smallest absolute Gasteiger partial charge is 0.317 e. The molecule has 1 aliphatic heterocycles. The number of hydrogen-bond donors (Lipinski definition) is 2. The molecule has 0 radical (unpaired) electrons. The highest BCUT2D eigenvalue weighted by Crippen LogP contribution is 2.12. The number of pyridine rings is 1. The Morgan fingerprint density at radius 2 is 2.22 bits per heavy atom. The molecule has 1 saturated heterocycles. The largest absolute Gasteiger partial charge is 0.363 e. The minimum absolute atomic E-state index is 0.0493. The number of carbonyl (C=O) groups is 2. The fourth-order valence-corrected chi connectivity index (χ4v) is 2.67. The monoisotopic (exact) mass is 319 g/mol. The van der Waals surface area contributed by atoms with Crippen LogP contribution in [-0.2, 0) is 11.3 Å². The van der Waals surface area contributed by atoms with Gasteiger partial charge in [-0.1, -0.05) is 0 Å². The summed E-state index contributed by atoms with van der Waals surface area (Å²) < 4.78 is 0. The van der Waals surface area contributed by atoms with Gasteiger partial charge in [-0.2, -0.15) is 0 Å². The second-order valence-corrected chi connectivity index (χ2v) is 6.06. The number of amides is 3. The van der Waals surface area contributed by atoms with Crippen LogP contribution < -0.4 is 15.5 Å². The zero-order chi connectivity index (χ0) is 16.8. The van der Waals surface area contributed by atoms with Crippen LogP contribution in [-0.4, -0.2) is 55.0 Å². The Kier molecular flexibility index (Phi) is 5.78. The number of carbonyl (C=O) groups excluding carboxylic acids is 2. The second kappa shape index (κ2) is 7.80. The molecule has 0 bridgehead atoms. The van der Waals surface area contributed by atoms with Gasteiger partial charge in [-0.05, 0) is 30.5 Å². The SMILES string of the molecule is CC(=O)N[C@@H]1CCCN(C(=O)NCc2ccnc(N(C)C)c2)C1. The number of nitrogens with zero attached hydrogens (tertiary/aromatic N) is 3. The van der Waals surface area contributed by atoms with Gasteiger partial charge in [-0.3, -0.25) is 4.79 Å². The molecule has 2 N–H and O–H groups in total. The molecule has 0 aromatic carbocycles. The van der Waals surface area contributed by atoms with Crippen molar-refractivity contribution in [2.24, 2.45) is 0 Å². The second-order valence-electron chi connectivity index (χ2n) is 6.06. The number of rotatable bonds is 4. The maximum absolute atomic E-state index is 12.3. The first-order valence-corrected chi connectivity index (χ1v) is 7.88. The van der Waals surface area contributed by atoms with Crippen molar-refractivity contribution in [1.29, 1.82) is 0 Å². The van der Waals surface area contributed by atoms with Gasteiger partial charge in [-0.15, -0.1) is 0 Å². The van der Waals surface area contributed by atoms with Gasteiger partial charge >= 0.3 is 6.03 Å². The van der Waals surface area contributed by atoms with E-state index in [1.807, 2.05) is 31.1 Å². The number of urea groups is 1. The molecule has 1 fully saturated rings. The molecule has 1 aromatic heterocycles. The maximum Gasteiger partial charge on any atom is 0.317 e. The molecule has 3 amide bonds. The molecule has 0 saturated carbocycles. The minimum Gasteiger partial charge on any atom is -0.363 e. The standard InChI is InChI=1S/C16H25N5O2/c1-12(22)19-14-5-4-8-21(11-14)16(23)18-10-13-6-7-17-15(9-13)20(2)3/h6-7,9,14H,4-5,8,10-11H2,1-3H3,(H,18,23)(H,19,22)/t14-/m1/s1. The Bertz CT molecular complexity index is 561. The van der Waals surface area contributed by atoms with E-state index < -0.39 is 0 Å². The summed E-state index contributed by atoms with van der Waals surface area (Å²) in [6.07, 6.45) is 3.56. The van der Waals surface area contributed by atoms with Crippen molar-refractivity contribution in [1.82, 2.24) is 20.5 Å². The number of anilines is 1. The normalized spacial score (nSPS) is 17.5. The summed E-state index contributed by atoms with van der Waals surface area (Å²) in [5.41, 5.74) is 1.01. The maximum atomic E-state index is 12.3. The Hall–Kier alpha value is -2.31. The first-order valence-electron chi connectivity index (χ1n) is 7.88. The zero-order valence-corrected chi connectivity index (χ0v) is 14.0. The van der Waals surface area contributed by atoms with Crippen LogP contribution in [0, 0.1) is 0 Å². The van der Waals surface area contributed by atoms with E-state index >= 15 is 0 Å². The molecule has 7 nitrogen and oxygen atoms in total. The summed E-state index contributed by atoms with van der Waals surface area (Å²) in [4.78, 5) is 31.4. The predicted molar refractivity (Wildman–Crippen MR) is 89.2 cm³/mol.